The van der Waals surface area contributed by atoms with E-state index in [1.54, 1.807) is 0 Å². The maximum atomic E-state index is 13.6. The van der Waals surface area contributed by atoms with Gasteiger partial charge >= 0.3 is 0 Å². The number of aromatic hydroxyl groups is 1. The van der Waals surface area contributed by atoms with Crippen LogP contribution in [0.15, 0.2) is 6.07 Å². The van der Waals surface area contributed by atoms with Crippen LogP contribution in [0, 0.1) is 12.7 Å². The molecule has 0 heterocycles. The van der Waals surface area contributed by atoms with Crippen LogP contribution in [0.2, 0.25) is 5.02 Å². The summed E-state index contributed by atoms with van der Waals surface area (Å²) in [6.07, 6.45) is -0.217. The molecule has 0 bridgehead atoms. The van der Waals surface area contributed by atoms with Crippen LogP contribution in [0.25, 0.3) is 0 Å². The van der Waals surface area contributed by atoms with Crippen molar-refractivity contribution in [2.24, 2.45) is 0 Å². The fourth-order valence-corrected chi connectivity index (χ4v) is 2.22. The normalized spacial score (nSPS) is 11.8. The quantitative estimate of drug-likeness (QED) is 0.869. The largest absolute Gasteiger partial charge is 0.506 e. The number of rotatable bonds is 3. The second kappa shape index (κ2) is 4.77. The highest BCUT2D eigenvalue weighted by Crippen LogP contribution is 2.32. The number of halogens is 3. The third-order valence-corrected chi connectivity index (χ3v) is 3.51. The second-order valence-corrected chi connectivity index (χ2v) is 6.61. The Hall–Kier alpha value is -0.520. The van der Waals surface area contributed by atoms with Crippen molar-refractivity contribution >= 4 is 31.3 Å². The predicted octanol–water partition coefficient (Wildman–Crippen LogP) is 2.60. The number of phenols is 1. The average molecular weight is 287 g/mol. The van der Waals surface area contributed by atoms with Gasteiger partial charge in [0, 0.05) is 16.2 Å². The van der Waals surface area contributed by atoms with Crippen molar-refractivity contribution in [2.45, 2.75) is 13.3 Å². The summed E-state index contributed by atoms with van der Waals surface area (Å²) in [5.41, 5.74) is 0.110. The molecule has 0 saturated heterocycles. The van der Waals surface area contributed by atoms with Gasteiger partial charge in [-0.15, -0.1) is 0 Å². The molecular formula is C9H9Cl2FO3S. The lowest BCUT2D eigenvalue weighted by molar-refractivity contribution is 0.459. The minimum atomic E-state index is -3.73. The maximum absolute atomic E-state index is 13.6. The SMILES string of the molecule is Cc1cc(Cl)c(O)c(CCS(=O)(=O)Cl)c1F. The molecule has 0 saturated carbocycles. The highest BCUT2D eigenvalue weighted by molar-refractivity contribution is 8.13. The van der Waals surface area contributed by atoms with Crippen molar-refractivity contribution in [3.05, 3.63) is 28.0 Å². The van der Waals surface area contributed by atoms with E-state index in [0.717, 1.165) is 0 Å². The van der Waals surface area contributed by atoms with Gasteiger partial charge in [-0.3, -0.25) is 0 Å². The molecule has 0 atom stereocenters. The van der Waals surface area contributed by atoms with E-state index in [-0.39, 0.29) is 22.6 Å². The molecule has 0 fully saturated rings. The zero-order chi connectivity index (χ0) is 12.5. The molecule has 3 nitrogen and oxygen atoms in total. The molecule has 0 unspecified atom stereocenters. The van der Waals surface area contributed by atoms with Gasteiger partial charge in [0.25, 0.3) is 0 Å². The Bertz CT molecular complexity index is 488. The fraction of sp³-hybridized carbons (Fsp3) is 0.333. The number of aryl methyl sites for hydroxylation is 1. The minimum absolute atomic E-state index is 0.0131. The summed E-state index contributed by atoms with van der Waals surface area (Å²) in [5, 5.41) is 9.48. The summed E-state index contributed by atoms with van der Waals surface area (Å²) in [6.45, 7) is 1.47. The van der Waals surface area contributed by atoms with E-state index in [9.17, 15) is 17.9 Å². The van der Waals surface area contributed by atoms with Gasteiger partial charge in [0.1, 0.15) is 11.6 Å². The van der Waals surface area contributed by atoms with Gasteiger partial charge in [-0.05, 0) is 25.0 Å². The number of benzene rings is 1. The Morgan fingerprint density at radius 1 is 1.50 bits per heavy atom. The van der Waals surface area contributed by atoms with Crippen molar-refractivity contribution in [3.8, 4) is 5.75 Å². The first-order valence-corrected chi connectivity index (χ1v) is 7.17. The van der Waals surface area contributed by atoms with E-state index in [2.05, 4.69) is 0 Å². The van der Waals surface area contributed by atoms with Gasteiger partial charge in [0.15, 0.2) is 0 Å². The van der Waals surface area contributed by atoms with Crippen LogP contribution < -0.4 is 0 Å². The highest BCUT2D eigenvalue weighted by atomic mass is 35.7. The monoisotopic (exact) mass is 286 g/mol. The Morgan fingerprint density at radius 3 is 2.56 bits per heavy atom. The zero-order valence-corrected chi connectivity index (χ0v) is 10.6. The number of hydrogen-bond donors (Lipinski definition) is 1. The van der Waals surface area contributed by atoms with E-state index in [0.29, 0.717) is 0 Å². The molecule has 0 aliphatic rings. The average Bonchev–Trinajstić information content (AvgIpc) is 2.13. The molecule has 0 aliphatic heterocycles. The number of phenolic OH excluding ortho intramolecular Hbond substituents is 1. The Kier molecular flexibility index (Phi) is 4.04. The van der Waals surface area contributed by atoms with E-state index in [1.165, 1.54) is 13.0 Å². The van der Waals surface area contributed by atoms with Gasteiger partial charge < -0.3 is 5.11 Å². The lowest BCUT2D eigenvalue weighted by atomic mass is 10.1. The third kappa shape index (κ3) is 3.23. The predicted molar refractivity (Wildman–Crippen MR) is 61.2 cm³/mol. The molecule has 90 valence electrons. The molecule has 0 aromatic heterocycles. The summed E-state index contributed by atoms with van der Waals surface area (Å²) >= 11 is 5.64. The van der Waals surface area contributed by atoms with E-state index in [1.807, 2.05) is 0 Å². The van der Waals surface area contributed by atoms with Crippen LogP contribution in [0.3, 0.4) is 0 Å². The van der Waals surface area contributed by atoms with Crippen LogP contribution in [-0.4, -0.2) is 19.3 Å². The molecule has 16 heavy (non-hydrogen) atoms. The molecule has 1 aromatic rings. The van der Waals surface area contributed by atoms with Gasteiger partial charge in [0.05, 0.1) is 10.8 Å². The van der Waals surface area contributed by atoms with Crippen LogP contribution >= 0.6 is 22.3 Å². The van der Waals surface area contributed by atoms with Crippen molar-refractivity contribution in [1.29, 1.82) is 0 Å². The summed E-state index contributed by atoms with van der Waals surface area (Å²) in [4.78, 5) is 0. The lowest BCUT2D eigenvalue weighted by Gasteiger charge is -2.09. The number of hydrogen-bond acceptors (Lipinski definition) is 3. The lowest BCUT2D eigenvalue weighted by Crippen LogP contribution is -2.04. The van der Waals surface area contributed by atoms with Crippen molar-refractivity contribution in [2.75, 3.05) is 5.75 Å². The Morgan fingerprint density at radius 2 is 2.06 bits per heavy atom. The van der Waals surface area contributed by atoms with E-state index < -0.39 is 26.4 Å². The topological polar surface area (TPSA) is 54.4 Å². The molecule has 0 spiro atoms. The van der Waals surface area contributed by atoms with Gasteiger partial charge in [-0.1, -0.05) is 11.6 Å². The Labute approximate surface area is 102 Å². The summed E-state index contributed by atoms with van der Waals surface area (Å²) < 4.78 is 35.0. The zero-order valence-electron chi connectivity index (χ0n) is 8.30. The molecule has 1 N–H and O–H groups in total. The van der Waals surface area contributed by atoms with Gasteiger partial charge in [0.2, 0.25) is 9.05 Å². The van der Waals surface area contributed by atoms with Crippen LogP contribution in [0.1, 0.15) is 11.1 Å². The smallest absolute Gasteiger partial charge is 0.232 e. The highest BCUT2D eigenvalue weighted by Gasteiger charge is 2.17. The standard InChI is InChI=1S/C9H9Cl2FO3S/c1-5-4-7(10)9(13)6(8(5)12)2-3-16(11,14)15/h4,13H,2-3H2,1H3. The first-order chi connectivity index (χ1) is 7.22. The van der Waals surface area contributed by atoms with Gasteiger partial charge in [-0.2, -0.15) is 0 Å². The van der Waals surface area contributed by atoms with Crippen LogP contribution in [-0.2, 0) is 15.5 Å². The minimum Gasteiger partial charge on any atom is -0.506 e. The summed E-state index contributed by atoms with van der Waals surface area (Å²) in [5.74, 6) is -1.56. The molecule has 0 aliphatic carbocycles. The van der Waals surface area contributed by atoms with Crippen LogP contribution in [0.5, 0.6) is 5.75 Å². The van der Waals surface area contributed by atoms with Crippen molar-refractivity contribution in [3.63, 3.8) is 0 Å². The summed E-state index contributed by atoms with van der Waals surface area (Å²) in [7, 11) is 1.27. The molecule has 0 radical (unpaired) electrons. The molecule has 1 aromatic carbocycles. The van der Waals surface area contributed by atoms with E-state index in [4.69, 9.17) is 22.3 Å². The molecular weight excluding hydrogens is 278 g/mol. The van der Waals surface area contributed by atoms with E-state index >= 15 is 0 Å². The Balaban J connectivity index is 3.13. The van der Waals surface area contributed by atoms with Crippen molar-refractivity contribution in [1.82, 2.24) is 0 Å². The molecule has 7 heteroatoms. The first-order valence-electron chi connectivity index (χ1n) is 4.31. The third-order valence-electron chi connectivity index (χ3n) is 2.06. The second-order valence-electron chi connectivity index (χ2n) is 3.31. The van der Waals surface area contributed by atoms with Crippen molar-refractivity contribution < 1.29 is 17.9 Å². The molecule has 1 rings (SSSR count). The maximum Gasteiger partial charge on any atom is 0.232 e. The first kappa shape index (κ1) is 13.5. The summed E-state index contributed by atoms with van der Waals surface area (Å²) in [6, 6.07) is 1.27. The fourth-order valence-electron chi connectivity index (χ4n) is 1.26. The molecule has 0 amide bonds. The van der Waals surface area contributed by atoms with Gasteiger partial charge in [-0.25, -0.2) is 12.8 Å². The van der Waals surface area contributed by atoms with Crippen LogP contribution in [0.4, 0.5) is 4.39 Å².